The Morgan fingerprint density at radius 2 is 0.892 bits per heavy atom. The summed E-state index contributed by atoms with van der Waals surface area (Å²) in [6, 6.07) is 0. The number of carbonyl (C=O) groups is 4. The van der Waals surface area contributed by atoms with E-state index in [1.165, 1.54) is 192 Å². The first kappa shape index (κ1) is 76.0. The molecule has 0 N–H and O–H groups in total. The zero-order chi connectivity index (χ0) is 60.3. The fourth-order valence-electron chi connectivity index (χ4n) is 11.5. The Hall–Kier alpha value is -3.06. The molecule has 0 amide bonds. The number of aromatic nitrogens is 2. The van der Waals surface area contributed by atoms with Gasteiger partial charge in [0.2, 0.25) is 6.23 Å². The smallest absolute Gasteiger partial charge is 0.310 e. The molecule has 12 nitrogen and oxygen atoms in total. The number of likely N-dealkylation sites (N-methyl/N-ethyl adjacent to an activating group) is 1. The van der Waals surface area contributed by atoms with Crippen LogP contribution in [0, 0.1) is 5.41 Å². The van der Waals surface area contributed by atoms with Crippen LogP contribution in [-0.2, 0) is 38.1 Å². The SMILES string of the molecule is CCCCCCCCCCCCCCCC(=O)OCC(COC(=O)CCCCCCCCCCCCCCC)OC(=O)CCCCCCCCCCCCCC(C)(C)CC(=O)OC(C)[N+]1(C)CCC=C(c2nsnc2OCCCCCC)C1. The van der Waals surface area contributed by atoms with E-state index in [1.54, 1.807) is 0 Å². The van der Waals surface area contributed by atoms with Gasteiger partial charge < -0.3 is 23.7 Å². The summed E-state index contributed by atoms with van der Waals surface area (Å²) < 4.78 is 38.8. The lowest BCUT2D eigenvalue weighted by molar-refractivity contribution is -0.944. The summed E-state index contributed by atoms with van der Waals surface area (Å²) >= 11 is 1.20. The summed E-state index contributed by atoms with van der Waals surface area (Å²) in [5, 5.41) is 0. The highest BCUT2D eigenvalue weighted by Crippen LogP contribution is 2.33. The molecule has 1 aromatic heterocycles. The Bertz CT molecular complexity index is 1740. The number of quaternary nitrogens is 1. The lowest BCUT2D eigenvalue weighted by Gasteiger charge is -2.41. The zero-order valence-corrected chi connectivity index (χ0v) is 55.7. The lowest BCUT2D eigenvalue weighted by atomic mass is 9.83. The van der Waals surface area contributed by atoms with Crippen LogP contribution in [0.5, 0.6) is 5.88 Å². The van der Waals surface area contributed by atoms with Crippen LogP contribution in [0.4, 0.5) is 0 Å². The fourth-order valence-corrected chi connectivity index (χ4v) is 12.0. The van der Waals surface area contributed by atoms with Crippen molar-refractivity contribution in [1.29, 1.82) is 0 Å². The van der Waals surface area contributed by atoms with E-state index in [4.69, 9.17) is 23.7 Å². The summed E-state index contributed by atoms with van der Waals surface area (Å²) in [6.07, 6.45) is 53.7. The van der Waals surface area contributed by atoms with Crippen LogP contribution >= 0.6 is 11.7 Å². The lowest BCUT2D eigenvalue weighted by Crippen LogP contribution is -2.55. The number of hydrogen-bond donors (Lipinski definition) is 0. The van der Waals surface area contributed by atoms with Crippen molar-refractivity contribution in [1.82, 2.24) is 8.75 Å². The van der Waals surface area contributed by atoms with Crippen molar-refractivity contribution in [3.05, 3.63) is 11.8 Å². The maximum absolute atomic E-state index is 13.3. The highest BCUT2D eigenvalue weighted by Gasteiger charge is 2.37. The summed E-state index contributed by atoms with van der Waals surface area (Å²) in [6.45, 7) is 15.2. The van der Waals surface area contributed by atoms with Gasteiger partial charge in [0, 0.05) is 38.2 Å². The van der Waals surface area contributed by atoms with Crippen LogP contribution in [0.15, 0.2) is 6.08 Å². The van der Waals surface area contributed by atoms with Gasteiger partial charge in [0.25, 0.3) is 5.88 Å². The van der Waals surface area contributed by atoms with Crippen molar-refractivity contribution in [2.75, 3.05) is 40.0 Å². The third-order valence-electron chi connectivity index (χ3n) is 17.2. The molecule has 1 aliphatic rings. The highest BCUT2D eigenvalue weighted by atomic mass is 32.1. The number of unbranched alkanes of at least 4 members (excludes halogenated alkanes) is 37. The zero-order valence-electron chi connectivity index (χ0n) is 54.9. The van der Waals surface area contributed by atoms with Gasteiger partial charge in [-0.25, -0.2) is 0 Å². The van der Waals surface area contributed by atoms with Crippen molar-refractivity contribution in [2.45, 2.75) is 356 Å². The van der Waals surface area contributed by atoms with E-state index in [0.717, 1.165) is 121 Å². The van der Waals surface area contributed by atoms with Gasteiger partial charge in [-0.1, -0.05) is 278 Å². The molecular formula is C70H128N3O9S+. The van der Waals surface area contributed by atoms with Crippen molar-refractivity contribution in [2.24, 2.45) is 5.41 Å². The minimum Gasteiger partial charge on any atom is -0.475 e. The Morgan fingerprint density at radius 1 is 0.506 bits per heavy atom. The first-order chi connectivity index (χ1) is 40.3. The molecule has 1 aromatic rings. The Labute approximate surface area is 513 Å². The third-order valence-corrected chi connectivity index (χ3v) is 17.7. The van der Waals surface area contributed by atoms with Gasteiger partial charge in [0.1, 0.15) is 25.5 Å². The average molecular weight is 1190 g/mol. The van der Waals surface area contributed by atoms with Crippen molar-refractivity contribution in [3.8, 4) is 5.88 Å². The van der Waals surface area contributed by atoms with Crippen molar-refractivity contribution < 1.29 is 47.3 Å². The van der Waals surface area contributed by atoms with E-state index in [-0.39, 0.29) is 48.7 Å². The number of esters is 4. The maximum atomic E-state index is 13.3. The molecule has 0 saturated carbocycles. The molecule has 2 heterocycles. The van der Waals surface area contributed by atoms with Gasteiger partial charge >= 0.3 is 23.9 Å². The van der Waals surface area contributed by atoms with Gasteiger partial charge in [-0.3, -0.25) is 23.7 Å². The third kappa shape index (κ3) is 41.6. The largest absolute Gasteiger partial charge is 0.475 e. The second kappa shape index (κ2) is 51.0. The molecule has 0 saturated heterocycles. The maximum Gasteiger partial charge on any atom is 0.310 e. The molecule has 0 radical (unpaired) electrons. The fraction of sp³-hybridized carbons (Fsp3) is 0.886. The predicted octanol–water partition coefficient (Wildman–Crippen LogP) is 20.1. The molecule has 0 spiro atoms. The number of rotatable bonds is 58. The first-order valence-corrected chi connectivity index (χ1v) is 35.7. The van der Waals surface area contributed by atoms with Crippen LogP contribution in [0.3, 0.4) is 0 Å². The van der Waals surface area contributed by atoms with Crippen LogP contribution in [0.1, 0.15) is 349 Å². The highest BCUT2D eigenvalue weighted by molar-refractivity contribution is 6.99. The van der Waals surface area contributed by atoms with Gasteiger partial charge in [0.05, 0.1) is 38.3 Å². The topological polar surface area (TPSA) is 140 Å². The minimum absolute atomic E-state index is 0.0902. The van der Waals surface area contributed by atoms with E-state index in [1.807, 2.05) is 6.92 Å². The molecule has 482 valence electrons. The summed E-state index contributed by atoms with van der Waals surface area (Å²) in [5.41, 5.74) is 1.85. The Morgan fingerprint density at radius 3 is 1.33 bits per heavy atom. The van der Waals surface area contributed by atoms with Gasteiger partial charge in [-0.05, 0) is 37.5 Å². The molecule has 2 rings (SSSR count). The summed E-state index contributed by atoms with van der Waals surface area (Å²) in [5.74, 6) is -0.394. The Kier molecular flexibility index (Phi) is 46.7. The standard InChI is InChI=1S/C70H128N3O9S/c1-8-11-14-17-19-21-23-25-28-32-36-40-44-51-64(74)79-59-63(60-80-65(75)52-45-41-37-33-29-26-24-22-20-18-15-12-9-2)82-66(76)53-46-42-38-34-30-27-31-35-39-43-47-54-70(5,6)57-67(77)81-61(4)73(7)55-49-50-62(58-73)68-69(72-83-71-68)78-56-48-16-13-10-3/h50,61,63H,8-49,51-60H2,1-7H3/q+1. The molecule has 0 aliphatic carbocycles. The van der Waals surface area contributed by atoms with E-state index < -0.39 is 6.10 Å². The second-order valence-electron chi connectivity index (χ2n) is 26.0. The summed E-state index contributed by atoms with van der Waals surface area (Å²) in [7, 11) is 2.17. The molecule has 13 heteroatoms. The molecule has 0 bridgehead atoms. The molecule has 83 heavy (non-hydrogen) atoms. The molecular weight excluding hydrogens is 1060 g/mol. The Balaban J connectivity index is 1.60. The normalized spacial score (nSPS) is 14.9. The molecule has 0 aromatic carbocycles. The predicted molar refractivity (Wildman–Crippen MR) is 344 cm³/mol. The van der Waals surface area contributed by atoms with Gasteiger partial charge in [0.15, 0.2) is 6.10 Å². The number of ether oxygens (including phenoxy) is 5. The van der Waals surface area contributed by atoms with E-state index in [2.05, 4.69) is 56.5 Å². The molecule has 2 atom stereocenters. The van der Waals surface area contributed by atoms with E-state index in [9.17, 15) is 19.2 Å². The second-order valence-corrected chi connectivity index (χ2v) is 26.5. The molecule has 2 unspecified atom stereocenters. The van der Waals surface area contributed by atoms with Gasteiger partial charge in [-0.2, -0.15) is 4.37 Å². The van der Waals surface area contributed by atoms with Gasteiger partial charge in [-0.15, -0.1) is 4.37 Å². The monoisotopic (exact) mass is 1190 g/mol. The van der Waals surface area contributed by atoms with Crippen LogP contribution in [0.25, 0.3) is 5.57 Å². The average Bonchev–Trinajstić information content (AvgIpc) is 4.15. The minimum atomic E-state index is -0.797. The van der Waals surface area contributed by atoms with Crippen molar-refractivity contribution in [3.63, 3.8) is 0 Å². The van der Waals surface area contributed by atoms with Crippen LogP contribution in [-0.4, -0.2) is 89.4 Å². The quantitative estimate of drug-likeness (QED) is 0.0266. The van der Waals surface area contributed by atoms with Crippen molar-refractivity contribution >= 4 is 41.2 Å². The molecule has 0 fully saturated rings. The summed E-state index contributed by atoms with van der Waals surface area (Å²) in [4.78, 5) is 51.8. The first-order valence-electron chi connectivity index (χ1n) is 35.0. The van der Waals surface area contributed by atoms with Crippen LogP contribution < -0.4 is 4.74 Å². The number of carbonyl (C=O) groups excluding carboxylic acids is 4. The van der Waals surface area contributed by atoms with E-state index >= 15 is 0 Å². The number of hydrogen-bond acceptors (Lipinski definition) is 12. The van der Waals surface area contributed by atoms with E-state index in [0.29, 0.717) is 42.7 Å². The molecule has 1 aliphatic heterocycles. The van der Waals surface area contributed by atoms with Crippen LogP contribution in [0.2, 0.25) is 0 Å². The number of nitrogens with zero attached hydrogens (tertiary/aromatic N) is 3.